The van der Waals surface area contributed by atoms with E-state index in [-0.39, 0.29) is 53.3 Å². The number of allylic oxidation sites excluding steroid dienone is 8. The van der Waals surface area contributed by atoms with E-state index in [1.54, 1.807) is 13.0 Å². The van der Waals surface area contributed by atoms with Crippen molar-refractivity contribution < 1.29 is 62.7 Å². The van der Waals surface area contributed by atoms with E-state index >= 15 is 0 Å². The molecular weight excluding hydrogens is 899 g/mol. The van der Waals surface area contributed by atoms with E-state index in [4.69, 9.17) is 4.84 Å². The van der Waals surface area contributed by atoms with Crippen LogP contribution in [0, 0.1) is 12.3 Å². The molecule has 2 amide bonds. The summed E-state index contributed by atoms with van der Waals surface area (Å²) >= 11 is 0. The van der Waals surface area contributed by atoms with Crippen molar-refractivity contribution in [3.05, 3.63) is 100 Å². The van der Waals surface area contributed by atoms with Crippen LogP contribution < -0.4 is 4.90 Å². The van der Waals surface area contributed by atoms with Gasteiger partial charge in [0.1, 0.15) is 17.2 Å². The average molecular weight is 950 g/mol. The van der Waals surface area contributed by atoms with Gasteiger partial charge in [-0.3, -0.25) is 18.7 Å². The quantitative estimate of drug-likeness (QED) is 0.114. The van der Waals surface area contributed by atoms with E-state index in [1.165, 1.54) is 24.3 Å². The fraction of sp³-hybridized carbons (Fsp3) is 0.391. The molecule has 19 heteroatoms. The first-order valence-corrected chi connectivity index (χ1v) is 25.1. The molecule has 1 saturated heterocycles. The van der Waals surface area contributed by atoms with Gasteiger partial charge in [-0.15, -0.1) is 5.06 Å². The second-order valence-corrected chi connectivity index (χ2v) is 23.1. The highest BCUT2D eigenvalue weighted by Gasteiger charge is 2.46. The lowest BCUT2D eigenvalue weighted by Crippen LogP contribution is -2.32. The van der Waals surface area contributed by atoms with Gasteiger partial charge in [0, 0.05) is 65.7 Å². The highest BCUT2D eigenvalue weighted by molar-refractivity contribution is 7.87. The molecule has 346 valence electrons. The van der Waals surface area contributed by atoms with Crippen molar-refractivity contribution in [1.82, 2.24) is 5.06 Å². The van der Waals surface area contributed by atoms with Gasteiger partial charge in [0.15, 0.2) is 5.71 Å². The zero-order chi connectivity index (χ0) is 48.0. The van der Waals surface area contributed by atoms with Crippen molar-refractivity contribution in [1.29, 1.82) is 0 Å². The summed E-state index contributed by atoms with van der Waals surface area (Å²) in [7, 11) is -12.7. The molecular formula is C46H51N3O13S3. The second kappa shape index (κ2) is 16.2. The summed E-state index contributed by atoms with van der Waals surface area (Å²) in [5.41, 5.74) is 4.97. The van der Waals surface area contributed by atoms with Crippen molar-refractivity contribution in [2.45, 2.75) is 113 Å². The molecule has 0 aromatic heterocycles. The molecule has 3 heterocycles. The Morgan fingerprint density at radius 3 is 2.12 bits per heavy atom. The second-order valence-electron chi connectivity index (χ2n) is 18.9. The topological polar surface area (TPSA) is 236 Å². The third-order valence-electron chi connectivity index (χ3n) is 12.6. The molecule has 3 aliphatic heterocycles. The highest BCUT2D eigenvalue weighted by atomic mass is 32.2. The summed E-state index contributed by atoms with van der Waals surface area (Å²) in [5.74, 6) is -1.90. The fourth-order valence-electron chi connectivity index (χ4n) is 9.80. The molecule has 7 rings (SSSR count). The molecule has 0 saturated carbocycles. The first-order chi connectivity index (χ1) is 29.9. The van der Waals surface area contributed by atoms with Crippen LogP contribution in [0.5, 0.6) is 0 Å². The summed E-state index contributed by atoms with van der Waals surface area (Å²) in [6, 6.07) is 7.88. The number of carbonyl (C=O) groups excluding carboxylic acids is 3. The number of rotatable bonds is 11. The molecule has 1 aliphatic carbocycles. The van der Waals surface area contributed by atoms with Crippen LogP contribution in [0.3, 0.4) is 0 Å². The average Bonchev–Trinajstić information content (AvgIpc) is 3.68. The van der Waals surface area contributed by atoms with Gasteiger partial charge in [0.25, 0.3) is 32.1 Å². The minimum absolute atomic E-state index is 0.0284. The largest absolute Gasteiger partial charge is 0.744 e. The van der Waals surface area contributed by atoms with Crippen LogP contribution >= 0.6 is 0 Å². The number of hydrogen-bond donors (Lipinski definition) is 2. The van der Waals surface area contributed by atoms with Crippen molar-refractivity contribution in [2.24, 2.45) is 5.41 Å². The molecule has 3 aromatic carbocycles. The maximum absolute atomic E-state index is 12.7. The minimum atomic E-state index is -5.14. The van der Waals surface area contributed by atoms with Crippen molar-refractivity contribution in [3.63, 3.8) is 0 Å². The molecule has 0 atom stereocenters. The van der Waals surface area contributed by atoms with E-state index in [9.17, 15) is 53.3 Å². The molecule has 2 N–H and O–H groups in total. The van der Waals surface area contributed by atoms with E-state index in [0.29, 0.717) is 46.3 Å². The van der Waals surface area contributed by atoms with Gasteiger partial charge in [-0.25, -0.2) is 13.2 Å². The Labute approximate surface area is 378 Å². The fourth-order valence-corrected chi connectivity index (χ4v) is 11.7. The molecule has 0 spiro atoms. The smallest absolute Gasteiger partial charge is 0.333 e. The number of imide groups is 1. The van der Waals surface area contributed by atoms with Gasteiger partial charge in [-0.05, 0) is 110 Å². The summed E-state index contributed by atoms with van der Waals surface area (Å²) < 4.78 is 108. The molecule has 4 aliphatic rings. The first-order valence-electron chi connectivity index (χ1n) is 20.8. The zero-order valence-electron chi connectivity index (χ0n) is 37.3. The van der Waals surface area contributed by atoms with Gasteiger partial charge < -0.3 is 14.3 Å². The Bertz CT molecular complexity index is 3120. The number of carbonyl (C=O) groups is 3. The van der Waals surface area contributed by atoms with E-state index < -0.39 is 68.8 Å². The predicted octanol–water partition coefficient (Wildman–Crippen LogP) is 6.85. The number of anilines is 1. The number of fused-ring (bicyclic) bond motifs is 4. The third kappa shape index (κ3) is 9.01. The monoisotopic (exact) mass is 949 g/mol. The Morgan fingerprint density at radius 1 is 0.877 bits per heavy atom. The van der Waals surface area contributed by atoms with E-state index in [2.05, 4.69) is 26.0 Å². The van der Waals surface area contributed by atoms with Crippen molar-refractivity contribution in [2.75, 3.05) is 18.5 Å². The van der Waals surface area contributed by atoms with Crippen LogP contribution in [0.15, 0.2) is 98.3 Å². The number of aryl methyl sites for hydroxylation is 1. The van der Waals surface area contributed by atoms with Gasteiger partial charge in [0.2, 0.25) is 5.69 Å². The predicted molar refractivity (Wildman–Crippen MR) is 240 cm³/mol. The lowest BCUT2D eigenvalue weighted by molar-refractivity contribution is -0.401. The molecule has 3 aromatic rings. The maximum Gasteiger partial charge on any atom is 0.333 e. The van der Waals surface area contributed by atoms with Gasteiger partial charge in [0.05, 0.1) is 20.1 Å². The molecule has 0 radical (unpaired) electrons. The van der Waals surface area contributed by atoms with Crippen LogP contribution in [-0.4, -0.2) is 85.6 Å². The number of nitrogens with zero attached hydrogens (tertiary/aromatic N) is 3. The number of hydroxylamine groups is 2. The zero-order valence-corrected chi connectivity index (χ0v) is 39.7. The molecule has 1 fully saturated rings. The first kappa shape index (κ1) is 47.6. The standard InChI is InChI=1S/C46H51N3O13S3/c1-27-19-30(63(53,54)55)23-34-43(27)48(18-10-13-41(52)62-49-39(50)16-17-40(49)51)37(45(34,4)5)12-9-11-28-20-29(26-44(2,3)25-28)21-38-46(6,7)42-33-22-31(64(56,57)58)24-36(65(59,60)61)32(33)14-15-35(42)47(38)8/h9,11-12,14-15,19-24H,10,13,16-18,25-26H2,1-8H3,(H2-,53,54,55,56,57,58,59,60,61). The Hall–Kier alpha value is -5.31. The SMILES string of the molecule is Cc1cc(S(=O)(=O)O)cc2c1N(CCCC(=O)ON1C(=O)CCC1=O)/C(=C/C=C/C1=CC(=C/C3=[N+](C)c4ccc5c(S(=O)(=O)[O-])cc(S(=O)(=O)O)cc5c4C3(C)C)/CC(C)(C)C1)C2(C)C. The van der Waals surface area contributed by atoms with Crippen LogP contribution in [0.25, 0.3) is 10.8 Å². The lowest BCUT2D eigenvalue weighted by Gasteiger charge is -2.31. The van der Waals surface area contributed by atoms with Crippen LogP contribution in [-0.2, 0) is 60.4 Å². The number of benzene rings is 3. The van der Waals surface area contributed by atoms with Gasteiger partial charge in [-0.1, -0.05) is 45.9 Å². The molecule has 0 unspecified atom stereocenters. The number of hydrogen-bond acceptors (Lipinski definition) is 12. The summed E-state index contributed by atoms with van der Waals surface area (Å²) in [6.45, 7) is 14.0. The van der Waals surface area contributed by atoms with E-state index in [0.717, 1.165) is 28.2 Å². The van der Waals surface area contributed by atoms with Crippen molar-refractivity contribution >= 4 is 76.0 Å². The van der Waals surface area contributed by atoms with Gasteiger partial charge >= 0.3 is 5.97 Å². The van der Waals surface area contributed by atoms with Crippen LogP contribution in [0.2, 0.25) is 0 Å². The molecule has 0 bridgehead atoms. The number of amides is 2. The van der Waals surface area contributed by atoms with E-state index in [1.807, 2.05) is 62.4 Å². The Kier molecular flexibility index (Phi) is 11.9. The minimum Gasteiger partial charge on any atom is -0.744 e. The summed E-state index contributed by atoms with van der Waals surface area (Å²) in [6.07, 6.45) is 11.5. The summed E-state index contributed by atoms with van der Waals surface area (Å²) in [5, 5.41) is 0.756. The third-order valence-corrected chi connectivity index (χ3v) is 15.2. The maximum atomic E-state index is 12.7. The van der Waals surface area contributed by atoms with Crippen LogP contribution in [0.4, 0.5) is 11.4 Å². The van der Waals surface area contributed by atoms with Crippen LogP contribution in [0.1, 0.15) is 96.8 Å². The van der Waals surface area contributed by atoms with Gasteiger partial charge in [-0.2, -0.15) is 21.4 Å². The van der Waals surface area contributed by atoms with Crippen molar-refractivity contribution in [3.8, 4) is 0 Å². The molecule has 65 heavy (non-hydrogen) atoms. The Morgan fingerprint density at radius 2 is 1.51 bits per heavy atom. The highest BCUT2D eigenvalue weighted by Crippen LogP contribution is 2.51. The molecule has 16 nitrogen and oxygen atoms in total. The lowest BCUT2D eigenvalue weighted by atomic mass is 9.73. The normalized spacial score (nSPS) is 20.7. The Balaban J connectivity index is 1.23. The summed E-state index contributed by atoms with van der Waals surface area (Å²) in [4.78, 5) is 42.2.